The van der Waals surface area contributed by atoms with Gasteiger partial charge in [0, 0.05) is 12.6 Å². The molecule has 1 aliphatic heterocycles. The molecule has 1 N–H and O–H groups in total. The number of hydrogen-bond donors (Lipinski definition) is 1. The van der Waals surface area contributed by atoms with Crippen molar-refractivity contribution in [3.8, 4) is 17.0 Å². The Balaban J connectivity index is 2.16. The topological polar surface area (TPSA) is 73.6 Å². The zero-order valence-electron chi connectivity index (χ0n) is 11.2. The maximum Gasteiger partial charge on any atom is 0.356 e. The fourth-order valence-corrected chi connectivity index (χ4v) is 2.40. The molecule has 0 saturated heterocycles. The maximum absolute atomic E-state index is 11.0. The number of aryl methyl sites for hydroxylation is 1. The van der Waals surface area contributed by atoms with Crippen LogP contribution in [0.15, 0.2) is 18.2 Å². The summed E-state index contributed by atoms with van der Waals surface area (Å²) in [6.07, 6.45) is 0. The lowest BCUT2D eigenvalue weighted by Crippen LogP contribution is -2.00. The summed E-state index contributed by atoms with van der Waals surface area (Å²) >= 11 is 0. The van der Waals surface area contributed by atoms with Gasteiger partial charge in [-0.15, -0.1) is 0 Å². The predicted octanol–water partition coefficient (Wildman–Crippen LogP) is 1.82. The molecule has 1 aromatic heterocycles. The van der Waals surface area contributed by atoms with Crippen molar-refractivity contribution < 1.29 is 19.4 Å². The third-order valence-corrected chi connectivity index (χ3v) is 3.41. The lowest BCUT2D eigenvalue weighted by atomic mass is 10.0. The van der Waals surface area contributed by atoms with Gasteiger partial charge in [-0.1, -0.05) is 0 Å². The highest BCUT2D eigenvalue weighted by atomic mass is 16.5. The molecule has 20 heavy (non-hydrogen) atoms. The number of nitrogens with zero attached hydrogens (tertiary/aromatic N) is 2. The minimum atomic E-state index is -1.05. The number of carboxylic acids is 1. The molecular formula is C14H14N2O4. The second-order valence-electron chi connectivity index (χ2n) is 4.66. The Morgan fingerprint density at radius 3 is 2.65 bits per heavy atom. The van der Waals surface area contributed by atoms with Crippen LogP contribution in [0, 0.1) is 0 Å². The second kappa shape index (κ2) is 4.64. The van der Waals surface area contributed by atoms with Gasteiger partial charge in [-0.3, -0.25) is 4.68 Å². The van der Waals surface area contributed by atoms with Gasteiger partial charge in [-0.25, -0.2) is 4.79 Å². The molecule has 1 aliphatic rings. The summed E-state index contributed by atoms with van der Waals surface area (Å²) in [4.78, 5) is 11.0. The normalized spacial score (nSPS) is 13.3. The minimum Gasteiger partial charge on any atom is -0.496 e. The molecule has 0 radical (unpaired) electrons. The Morgan fingerprint density at radius 2 is 2.05 bits per heavy atom. The van der Waals surface area contributed by atoms with Crippen molar-refractivity contribution in [1.29, 1.82) is 0 Å². The molecule has 0 saturated carbocycles. The first kappa shape index (κ1) is 12.7. The van der Waals surface area contributed by atoms with Gasteiger partial charge in [0.15, 0.2) is 5.69 Å². The first-order valence-electron chi connectivity index (χ1n) is 6.15. The van der Waals surface area contributed by atoms with E-state index in [0.717, 1.165) is 16.7 Å². The Hall–Kier alpha value is -2.34. The van der Waals surface area contributed by atoms with Gasteiger partial charge in [0.25, 0.3) is 0 Å². The minimum absolute atomic E-state index is 0.0151. The van der Waals surface area contributed by atoms with E-state index in [-0.39, 0.29) is 5.69 Å². The van der Waals surface area contributed by atoms with Gasteiger partial charge < -0.3 is 14.6 Å². The van der Waals surface area contributed by atoms with E-state index < -0.39 is 5.97 Å². The highest BCUT2D eigenvalue weighted by Crippen LogP contribution is 2.35. The van der Waals surface area contributed by atoms with Crippen LogP contribution in [-0.4, -0.2) is 28.0 Å². The smallest absolute Gasteiger partial charge is 0.356 e. The number of carbonyl (C=O) groups is 1. The van der Waals surface area contributed by atoms with E-state index in [0.29, 0.717) is 24.7 Å². The summed E-state index contributed by atoms with van der Waals surface area (Å²) in [7, 11) is 3.31. The largest absolute Gasteiger partial charge is 0.496 e. The van der Waals surface area contributed by atoms with Gasteiger partial charge in [0.05, 0.1) is 26.0 Å². The van der Waals surface area contributed by atoms with E-state index >= 15 is 0 Å². The molecule has 2 heterocycles. The average Bonchev–Trinajstić information content (AvgIpc) is 3.02. The standard InChI is InChI=1S/C14H14N2O4/c1-16-12(5-11(15-16)14(17)18)10-3-8-6-20-7-9(8)4-13(10)19-2/h3-5H,6-7H2,1-2H3,(H,17,18). The first-order valence-corrected chi connectivity index (χ1v) is 6.15. The Morgan fingerprint density at radius 1 is 1.35 bits per heavy atom. The van der Waals surface area contributed by atoms with Crippen LogP contribution in [0.2, 0.25) is 0 Å². The van der Waals surface area contributed by atoms with Crippen molar-refractivity contribution in [3.05, 3.63) is 35.0 Å². The van der Waals surface area contributed by atoms with Crippen LogP contribution in [0.5, 0.6) is 5.75 Å². The molecule has 104 valence electrons. The van der Waals surface area contributed by atoms with Gasteiger partial charge >= 0.3 is 5.97 Å². The number of hydrogen-bond acceptors (Lipinski definition) is 4. The number of aromatic carboxylic acids is 1. The van der Waals surface area contributed by atoms with Crippen LogP contribution < -0.4 is 4.74 Å². The molecule has 0 fully saturated rings. The van der Waals surface area contributed by atoms with Crippen molar-refractivity contribution in [2.45, 2.75) is 13.2 Å². The fourth-order valence-electron chi connectivity index (χ4n) is 2.40. The third-order valence-electron chi connectivity index (χ3n) is 3.41. The average molecular weight is 274 g/mol. The Bertz CT molecular complexity index is 691. The Labute approximate surface area is 115 Å². The zero-order valence-corrected chi connectivity index (χ0v) is 11.2. The summed E-state index contributed by atoms with van der Waals surface area (Å²) in [5, 5.41) is 13.0. The number of rotatable bonds is 3. The van der Waals surface area contributed by atoms with Crippen molar-refractivity contribution in [1.82, 2.24) is 9.78 Å². The highest BCUT2D eigenvalue weighted by molar-refractivity contribution is 5.87. The molecule has 0 amide bonds. The third kappa shape index (κ3) is 1.94. The molecule has 6 nitrogen and oxygen atoms in total. The molecule has 0 spiro atoms. The lowest BCUT2D eigenvalue weighted by molar-refractivity contribution is 0.0689. The van der Waals surface area contributed by atoms with Gasteiger partial charge in [-0.2, -0.15) is 5.10 Å². The fraction of sp³-hybridized carbons (Fsp3) is 0.286. The molecule has 0 aliphatic carbocycles. The number of fused-ring (bicyclic) bond motifs is 1. The van der Waals surface area contributed by atoms with Crippen LogP contribution in [0.4, 0.5) is 0 Å². The van der Waals surface area contributed by atoms with E-state index in [1.807, 2.05) is 12.1 Å². The van der Waals surface area contributed by atoms with Crippen LogP contribution in [0.1, 0.15) is 21.6 Å². The molecule has 0 unspecified atom stereocenters. The first-order chi connectivity index (χ1) is 9.60. The summed E-state index contributed by atoms with van der Waals surface area (Å²) < 4.78 is 12.4. The predicted molar refractivity (Wildman–Crippen MR) is 70.6 cm³/mol. The summed E-state index contributed by atoms with van der Waals surface area (Å²) in [5.41, 5.74) is 3.74. The van der Waals surface area contributed by atoms with Gasteiger partial charge in [0.2, 0.25) is 0 Å². The number of methoxy groups -OCH3 is 1. The molecule has 1 aromatic carbocycles. The number of ether oxygens (including phenoxy) is 2. The van der Waals surface area contributed by atoms with E-state index in [9.17, 15) is 4.79 Å². The van der Waals surface area contributed by atoms with E-state index in [1.165, 1.54) is 0 Å². The van der Waals surface area contributed by atoms with Crippen molar-refractivity contribution >= 4 is 5.97 Å². The van der Waals surface area contributed by atoms with Crippen LogP contribution >= 0.6 is 0 Å². The van der Waals surface area contributed by atoms with Gasteiger partial charge in [0.1, 0.15) is 5.75 Å². The molecule has 2 aromatic rings. The van der Waals surface area contributed by atoms with Crippen molar-refractivity contribution in [2.24, 2.45) is 7.05 Å². The number of aromatic nitrogens is 2. The SMILES string of the molecule is COc1cc2c(cc1-c1cc(C(=O)O)nn1C)COC2. The van der Waals surface area contributed by atoms with E-state index in [2.05, 4.69) is 5.10 Å². The van der Waals surface area contributed by atoms with E-state index in [4.69, 9.17) is 14.6 Å². The quantitative estimate of drug-likeness (QED) is 0.924. The highest BCUT2D eigenvalue weighted by Gasteiger charge is 2.20. The van der Waals surface area contributed by atoms with Crippen LogP contribution in [0.3, 0.4) is 0 Å². The van der Waals surface area contributed by atoms with E-state index in [1.54, 1.807) is 24.9 Å². The van der Waals surface area contributed by atoms with Gasteiger partial charge in [-0.05, 0) is 29.3 Å². The summed E-state index contributed by atoms with van der Waals surface area (Å²) in [6.45, 7) is 1.15. The summed E-state index contributed by atoms with van der Waals surface area (Å²) in [5.74, 6) is -0.357. The maximum atomic E-state index is 11.0. The summed E-state index contributed by atoms with van der Waals surface area (Å²) in [6, 6.07) is 5.46. The number of carboxylic acid groups (broad SMARTS) is 1. The lowest BCUT2D eigenvalue weighted by Gasteiger charge is -2.11. The van der Waals surface area contributed by atoms with Crippen molar-refractivity contribution in [3.63, 3.8) is 0 Å². The number of benzene rings is 1. The zero-order chi connectivity index (χ0) is 14.3. The Kier molecular flexibility index (Phi) is 2.94. The molecular weight excluding hydrogens is 260 g/mol. The van der Waals surface area contributed by atoms with Crippen LogP contribution in [0.25, 0.3) is 11.3 Å². The molecule has 0 bridgehead atoms. The molecule has 6 heteroatoms. The monoisotopic (exact) mass is 274 g/mol. The van der Waals surface area contributed by atoms with Crippen LogP contribution in [-0.2, 0) is 25.0 Å². The van der Waals surface area contributed by atoms with Crippen molar-refractivity contribution in [2.75, 3.05) is 7.11 Å². The second-order valence-corrected chi connectivity index (χ2v) is 4.66. The molecule has 3 rings (SSSR count). The molecule has 0 atom stereocenters.